The molecule has 0 atom stereocenters. The average Bonchev–Trinajstić information content (AvgIpc) is 3.07. The molecule has 140 valence electrons. The van der Waals surface area contributed by atoms with Crippen LogP contribution in [0.25, 0.3) is 22.2 Å². The first-order valence-corrected chi connectivity index (χ1v) is 8.92. The van der Waals surface area contributed by atoms with E-state index in [1.54, 1.807) is 17.9 Å². The number of hydrogen-bond acceptors (Lipinski definition) is 5. The van der Waals surface area contributed by atoms with Crippen LogP contribution in [0.4, 0.5) is 8.78 Å². The van der Waals surface area contributed by atoms with Crippen LogP contribution >= 0.6 is 0 Å². The molecule has 0 amide bonds. The molecule has 4 rings (SSSR count). The van der Waals surface area contributed by atoms with Crippen LogP contribution in [-0.4, -0.2) is 36.7 Å². The van der Waals surface area contributed by atoms with Crippen LogP contribution in [0.2, 0.25) is 0 Å². The first-order valence-electron chi connectivity index (χ1n) is 8.92. The average molecular weight is 371 g/mol. The van der Waals surface area contributed by atoms with Crippen molar-refractivity contribution in [1.82, 2.24) is 25.0 Å². The fourth-order valence-corrected chi connectivity index (χ4v) is 3.45. The lowest BCUT2D eigenvalue weighted by Crippen LogP contribution is -2.29. The second-order valence-electron chi connectivity index (χ2n) is 7.11. The van der Waals surface area contributed by atoms with Gasteiger partial charge >= 0.3 is 0 Å². The van der Waals surface area contributed by atoms with Crippen LogP contribution in [0.5, 0.6) is 0 Å². The molecule has 0 aliphatic heterocycles. The van der Waals surface area contributed by atoms with Gasteiger partial charge in [0.1, 0.15) is 17.3 Å². The molecule has 1 saturated carbocycles. The molecule has 2 aromatic heterocycles. The highest BCUT2D eigenvalue weighted by Gasteiger charge is 2.37. The van der Waals surface area contributed by atoms with Crippen molar-refractivity contribution in [2.75, 3.05) is 0 Å². The Hall–Kier alpha value is -2.77. The largest absolute Gasteiger partial charge is 0.299 e. The zero-order chi connectivity index (χ0) is 19.0. The Bertz CT molecular complexity index is 991. The van der Waals surface area contributed by atoms with Crippen LogP contribution in [-0.2, 0) is 18.3 Å². The molecule has 1 fully saturated rings. The maximum atomic E-state index is 13.3. The third-order valence-corrected chi connectivity index (χ3v) is 5.04. The number of Topliss-reactive ketones (excluding diaryl/α,β-unsaturated/α-hetero) is 1. The highest BCUT2D eigenvalue weighted by Crippen LogP contribution is 2.36. The smallest absolute Gasteiger partial charge is 0.248 e. The predicted molar refractivity (Wildman–Crippen MR) is 95.2 cm³/mol. The molecule has 0 N–H and O–H groups in total. The topological polar surface area (TPSA) is 73.6 Å². The van der Waals surface area contributed by atoms with E-state index in [9.17, 15) is 13.6 Å². The number of hydrogen-bond donors (Lipinski definition) is 0. The normalized spacial score (nSPS) is 17.3. The molecule has 6 nitrogen and oxygen atoms in total. The molecule has 1 aromatic carbocycles. The Morgan fingerprint density at radius 1 is 1.30 bits per heavy atom. The number of carbonyl (C=O) groups is 1. The number of fused-ring (bicyclic) bond motifs is 1. The van der Waals surface area contributed by atoms with Gasteiger partial charge in [0.05, 0.1) is 18.1 Å². The van der Waals surface area contributed by atoms with Gasteiger partial charge in [-0.3, -0.25) is 9.48 Å². The summed E-state index contributed by atoms with van der Waals surface area (Å²) in [4.78, 5) is 21.2. The second-order valence-corrected chi connectivity index (χ2v) is 7.11. The summed E-state index contributed by atoms with van der Waals surface area (Å²) in [5.74, 6) is -2.60. The maximum Gasteiger partial charge on any atom is 0.248 e. The number of alkyl halides is 2. The Morgan fingerprint density at radius 3 is 2.78 bits per heavy atom. The van der Waals surface area contributed by atoms with Gasteiger partial charge in [-0.25, -0.2) is 18.7 Å². The van der Waals surface area contributed by atoms with Crippen molar-refractivity contribution >= 4 is 16.7 Å². The monoisotopic (exact) mass is 371 g/mol. The Kier molecular flexibility index (Phi) is 4.41. The highest BCUT2D eigenvalue weighted by molar-refractivity contribution is 5.85. The molecule has 1 aliphatic carbocycles. The standard InChI is InChI=1S/C19H19F2N5O/c1-26-11-16(24-25-26)13-2-3-14-10-22-18(23-15(14)8-13)9-17(27)12-4-6-19(20,21)7-5-12/h2-3,8,10-12H,4-7,9H2,1H3. The third-order valence-electron chi connectivity index (χ3n) is 5.04. The van der Waals surface area contributed by atoms with Crippen molar-refractivity contribution in [2.24, 2.45) is 13.0 Å². The van der Waals surface area contributed by atoms with Crippen LogP contribution in [0, 0.1) is 5.92 Å². The summed E-state index contributed by atoms with van der Waals surface area (Å²) < 4.78 is 28.2. The Labute approximate surface area is 154 Å². The summed E-state index contributed by atoms with van der Waals surface area (Å²) in [5, 5.41) is 8.88. The predicted octanol–water partition coefficient (Wildman–Crippen LogP) is 3.36. The van der Waals surface area contributed by atoms with E-state index in [0.29, 0.717) is 11.3 Å². The van der Waals surface area contributed by atoms with Crippen molar-refractivity contribution in [1.29, 1.82) is 0 Å². The summed E-state index contributed by atoms with van der Waals surface area (Å²) in [6.07, 6.45) is 3.59. The molecule has 0 saturated heterocycles. The first kappa shape index (κ1) is 17.6. The maximum absolute atomic E-state index is 13.3. The number of ketones is 1. The van der Waals surface area contributed by atoms with Crippen LogP contribution < -0.4 is 0 Å². The fraction of sp³-hybridized carbons (Fsp3) is 0.421. The quantitative estimate of drug-likeness (QED) is 0.703. The molecule has 0 radical (unpaired) electrons. The molecule has 2 heterocycles. The molecule has 1 aliphatic rings. The summed E-state index contributed by atoms with van der Waals surface area (Å²) in [6, 6.07) is 5.70. The molecule has 0 bridgehead atoms. The molecule has 3 aromatic rings. The van der Waals surface area contributed by atoms with E-state index < -0.39 is 5.92 Å². The lowest BCUT2D eigenvalue weighted by molar-refractivity contribution is -0.126. The molecule has 8 heteroatoms. The van der Waals surface area contributed by atoms with Crippen LogP contribution in [0.3, 0.4) is 0 Å². The van der Waals surface area contributed by atoms with Crippen molar-refractivity contribution in [3.8, 4) is 11.3 Å². The number of benzene rings is 1. The van der Waals surface area contributed by atoms with Gasteiger partial charge in [-0.15, -0.1) is 5.10 Å². The van der Waals surface area contributed by atoms with Gasteiger partial charge in [0, 0.05) is 43.0 Å². The third kappa shape index (κ3) is 3.84. The summed E-state index contributed by atoms with van der Waals surface area (Å²) in [5.41, 5.74) is 2.32. The van der Waals surface area contributed by atoms with E-state index >= 15 is 0 Å². The van der Waals surface area contributed by atoms with Crippen molar-refractivity contribution < 1.29 is 13.6 Å². The summed E-state index contributed by atoms with van der Waals surface area (Å²) in [6.45, 7) is 0. The van der Waals surface area contributed by atoms with Gasteiger partial charge in [-0.1, -0.05) is 17.3 Å². The number of carbonyl (C=O) groups excluding carboxylic acids is 1. The number of rotatable bonds is 4. The second kappa shape index (κ2) is 6.75. The van der Waals surface area contributed by atoms with Gasteiger partial charge in [-0.2, -0.15) is 0 Å². The summed E-state index contributed by atoms with van der Waals surface area (Å²) >= 11 is 0. The lowest BCUT2D eigenvalue weighted by atomic mass is 9.83. The minimum Gasteiger partial charge on any atom is -0.299 e. The van der Waals surface area contributed by atoms with Crippen LogP contribution in [0.1, 0.15) is 31.5 Å². The zero-order valence-corrected chi connectivity index (χ0v) is 14.9. The molecule has 0 unspecified atom stereocenters. The number of aryl methyl sites for hydroxylation is 1. The van der Waals surface area contributed by atoms with Crippen molar-refractivity contribution in [3.05, 3.63) is 36.4 Å². The number of nitrogens with zero attached hydrogens (tertiary/aromatic N) is 5. The van der Waals surface area contributed by atoms with Crippen LogP contribution in [0.15, 0.2) is 30.6 Å². The van der Waals surface area contributed by atoms with Gasteiger partial charge in [0.25, 0.3) is 0 Å². The van der Waals surface area contributed by atoms with Crippen molar-refractivity contribution in [2.45, 2.75) is 38.0 Å². The summed E-state index contributed by atoms with van der Waals surface area (Å²) in [7, 11) is 1.80. The van der Waals surface area contributed by atoms with E-state index in [2.05, 4.69) is 20.3 Å². The Balaban J connectivity index is 1.53. The van der Waals surface area contributed by atoms with Gasteiger partial charge in [0.15, 0.2) is 0 Å². The molecular formula is C19H19F2N5O. The minimum atomic E-state index is -2.63. The van der Waals surface area contributed by atoms with Crippen molar-refractivity contribution in [3.63, 3.8) is 0 Å². The first-order chi connectivity index (χ1) is 12.9. The zero-order valence-electron chi connectivity index (χ0n) is 14.9. The van der Waals surface area contributed by atoms with Gasteiger partial charge in [0.2, 0.25) is 5.92 Å². The molecule has 0 spiro atoms. The van der Waals surface area contributed by atoms with Gasteiger partial charge < -0.3 is 0 Å². The fourth-order valence-electron chi connectivity index (χ4n) is 3.45. The number of halogens is 2. The van der Waals surface area contributed by atoms with Gasteiger partial charge in [-0.05, 0) is 18.9 Å². The lowest BCUT2D eigenvalue weighted by Gasteiger charge is -2.27. The van der Waals surface area contributed by atoms with E-state index in [1.807, 2.05) is 24.4 Å². The van der Waals surface area contributed by atoms with E-state index in [1.165, 1.54) is 0 Å². The van der Waals surface area contributed by atoms with E-state index in [4.69, 9.17) is 0 Å². The van der Waals surface area contributed by atoms with E-state index in [0.717, 1.165) is 16.6 Å². The SMILES string of the molecule is Cn1cc(-c2ccc3cnc(CC(=O)C4CCC(F)(F)CC4)nc3c2)nn1. The highest BCUT2D eigenvalue weighted by atomic mass is 19.3. The van der Waals surface area contributed by atoms with E-state index in [-0.39, 0.29) is 43.8 Å². The molecular weight excluding hydrogens is 352 g/mol. The minimum absolute atomic E-state index is 0.0602. The molecule has 27 heavy (non-hydrogen) atoms. The Morgan fingerprint density at radius 2 is 2.07 bits per heavy atom. The number of aromatic nitrogens is 5.